The molecule has 1 aromatic carbocycles. The van der Waals surface area contributed by atoms with E-state index in [4.69, 9.17) is 14.5 Å². The minimum atomic E-state index is -4.42. The van der Waals surface area contributed by atoms with E-state index >= 15 is 0 Å². The molecule has 3 heterocycles. The van der Waals surface area contributed by atoms with Crippen LogP contribution in [0.15, 0.2) is 24.3 Å². The molecule has 1 saturated carbocycles. The van der Waals surface area contributed by atoms with Crippen LogP contribution in [0.2, 0.25) is 0 Å². The minimum absolute atomic E-state index is 0.00832. The van der Waals surface area contributed by atoms with E-state index in [1.807, 2.05) is 13.8 Å². The molecule has 0 bridgehead atoms. The predicted octanol–water partition coefficient (Wildman–Crippen LogP) is 5.60. The van der Waals surface area contributed by atoms with Crippen molar-refractivity contribution in [2.75, 3.05) is 13.2 Å². The van der Waals surface area contributed by atoms with E-state index in [-0.39, 0.29) is 11.3 Å². The molecule has 6 rings (SSSR count). The van der Waals surface area contributed by atoms with Gasteiger partial charge in [0, 0.05) is 48.3 Å². The summed E-state index contributed by atoms with van der Waals surface area (Å²) in [6.45, 7) is 5.00. The van der Waals surface area contributed by atoms with Gasteiger partial charge in [0.2, 0.25) is 0 Å². The van der Waals surface area contributed by atoms with Crippen LogP contribution in [-0.2, 0) is 21.3 Å². The van der Waals surface area contributed by atoms with Crippen molar-refractivity contribution in [2.45, 2.75) is 82.0 Å². The van der Waals surface area contributed by atoms with Crippen LogP contribution < -0.4 is 0 Å². The molecule has 1 unspecified atom stereocenters. The smallest absolute Gasteiger partial charge is 0.388 e. The largest absolute Gasteiger partial charge is 0.416 e. The van der Waals surface area contributed by atoms with Gasteiger partial charge in [0.15, 0.2) is 0 Å². The molecule has 2 aliphatic carbocycles. The average molecular weight is 490 g/mol. The first-order valence-corrected chi connectivity index (χ1v) is 12.4. The number of rotatable bonds is 2. The van der Waals surface area contributed by atoms with Crippen LogP contribution >= 0.6 is 0 Å². The number of hydrogen-bond acceptors (Lipinski definition) is 5. The van der Waals surface area contributed by atoms with Gasteiger partial charge in [0.05, 0.1) is 23.0 Å². The van der Waals surface area contributed by atoms with Gasteiger partial charge in [0.25, 0.3) is 0 Å². The number of alkyl halides is 3. The lowest BCUT2D eigenvalue weighted by Gasteiger charge is -2.40. The van der Waals surface area contributed by atoms with Crippen LogP contribution in [0.3, 0.4) is 0 Å². The van der Waals surface area contributed by atoms with E-state index in [1.165, 1.54) is 12.1 Å². The van der Waals surface area contributed by atoms with Gasteiger partial charge in [-0.1, -0.05) is 26.0 Å². The SMILES string of the molecule is CC(C)c1nc2c(c3c1[C@@H](c1ccc(C(F)(F)F)cc1)OC31CCOCC1)C(O)CC1(CC1)[C@H]2O. The lowest BCUT2D eigenvalue weighted by atomic mass is 9.72. The molecule has 5 nitrogen and oxygen atoms in total. The highest BCUT2D eigenvalue weighted by Crippen LogP contribution is 2.65. The highest BCUT2D eigenvalue weighted by molar-refractivity contribution is 5.55. The van der Waals surface area contributed by atoms with Gasteiger partial charge >= 0.3 is 6.18 Å². The third-order valence-electron chi connectivity index (χ3n) is 8.45. The maximum absolute atomic E-state index is 13.2. The second kappa shape index (κ2) is 7.75. The Balaban J connectivity index is 1.58. The lowest BCUT2D eigenvalue weighted by molar-refractivity contribution is -0.137. The van der Waals surface area contributed by atoms with Crippen LogP contribution in [-0.4, -0.2) is 28.4 Å². The predicted molar refractivity (Wildman–Crippen MR) is 121 cm³/mol. The first-order chi connectivity index (χ1) is 16.6. The zero-order valence-corrected chi connectivity index (χ0v) is 19.9. The maximum atomic E-state index is 13.2. The molecule has 8 heteroatoms. The van der Waals surface area contributed by atoms with Gasteiger partial charge < -0.3 is 19.7 Å². The van der Waals surface area contributed by atoms with Crippen LogP contribution in [0.25, 0.3) is 0 Å². The summed E-state index contributed by atoms with van der Waals surface area (Å²) in [4.78, 5) is 4.96. The van der Waals surface area contributed by atoms with Crippen molar-refractivity contribution in [1.82, 2.24) is 4.98 Å². The van der Waals surface area contributed by atoms with Crippen LogP contribution in [0.5, 0.6) is 0 Å². The van der Waals surface area contributed by atoms with Gasteiger partial charge in [-0.15, -0.1) is 0 Å². The van der Waals surface area contributed by atoms with Crippen molar-refractivity contribution >= 4 is 0 Å². The summed E-state index contributed by atoms with van der Waals surface area (Å²) < 4.78 is 52.1. The Morgan fingerprint density at radius 2 is 1.66 bits per heavy atom. The van der Waals surface area contributed by atoms with Crippen molar-refractivity contribution in [3.63, 3.8) is 0 Å². The molecule has 0 radical (unpaired) electrons. The number of ether oxygens (including phenoxy) is 2. The van der Waals surface area contributed by atoms with Crippen LogP contribution in [0.4, 0.5) is 13.2 Å². The van der Waals surface area contributed by atoms with Crippen molar-refractivity contribution in [2.24, 2.45) is 5.41 Å². The fraction of sp³-hybridized carbons (Fsp3) is 0.593. The molecular formula is C27H30F3NO4. The summed E-state index contributed by atoms with van der Waals surface area (Å²) in [5.74, 6) is -0.00832. The van der Waals surface area contributed by atoms with E-state index in [0.717, 1.165) is 41.8 Å². The Labute approximate surface area is 202 Å². The number of pyridine rings is 1. The second-order valence-corrected chi connectivity index (χ2v) is 10.9. The highest BCUT2D eigenvalue weighted by Gasteiger charge is 2.58. The monoisotopic (exact) mass is 489 g/mol. The van der Waals surface area contributed by atoms with Gasteiger partial charge in [-0.2, -0.15) is 13.2 Å². The summed E-state index contributed by atoms with van der Waals surface area (Å²) >= 11 is 0. The fourth-order valence-corrected chi connectivity index (χ4v) is 6.41. The van der Waals surface area contributed by atoms with Gasteiger partial charge in [-0.25, -0.2) is 0 Å². The van der Waals surface area contributed by atoms with Crippen molar-refractivity contribution in [1.29, 1.82) is 0 Å². The van der Waals surface area contributed by atoms with Crippen molar-refractivity contribution < 1.29 is 32.9 Å². The van der Waals surface area contributed by atoms with Crippen LogP contribution in [0.1, 0.15) is 109 Å². The van der Waals surface area contributed by atoms with E-state index in [2.05, 4.69) is 0 Å². The summed E-state index contributed by atoms with van der Waals surface area (Å²) in [6.07, 6.45) is -3.20. The molecule has 2 spiro atoms. The molecule has 2 aliphatic heterocycles. The Bertz CT molecular complexity index is 1150. The number of halogens is 3. The average Bonchev–Trinajstić information content (AvgIpc) is 3.53. The molecule has 0 amide bonds. The highest BCUT2D eigenvalue weighted by atomic mass is 19.4. The zero-order valence-electron chi connectivity index (χ0n) is 19.9. The third-order valence-corrected chi connectivity index (χ3v) is 8.45. The molecule has 2 fully saturated rings. The number of hydrogen-bond donors (Lipinski definition) is 2. The topological polar surface area (TPSA) is 71.8 Å². The number of aliphatic hydroxyl groups is 2. The molecule has 188 valence electrons. The maximum Gasteiger partial charge on any atom is 0.416 e. The molecule has 3 atom stereocenters. The number of aromatic nitrogens is 1. The second-order valence-electron chi connectivity index (χ2n) is 10.9. The van der Waals surface area contributed by atoms with E-state index in [1.54, 1.807) is 0 Å². The standard InChI is InChI=1S/C27H30F3NO4/c1-14(2)21-19-20(18-17(32)13-25(7-8-25)24(33)22(18)31-21)26(9-11-34-12-10-26)35-23(19)15-3-5-16(6-4-15)27(28,29)30/h3-6,14,17,23-24,32-33H,7-13H2,1-2H3/t17?,23-,24+/m1/s1. The number of aliphatic hydroxyl groups excluding tert-OH is 2. The molecule has 35 heavy (non-hydrogen) atoms. The van der Waals surface area contributed by atoms with E-state index < -0.39 is 35.7 Å². The van der Waals surface area contributed by atoms with Crippen LogP contribution in [0, 0.1) is 5.41 Å². The van der Waals surface area contributed by atoms with Gasteiger partial charge in [-0.05, 0) is 48.4 Å². The van der Waals surface area contributed by atoms with Crippen molar-refractivity contribution in [3.8, 4) is 0 Å². The summed E-state index contributed by atoms with van der Waals surface area (Å²) in [5.41, 5.74) is 2.55. The Hall–Kier alpha value is -2.00. The van der Waals surface area contributed by atoms with E-state index in [9.17, 15) is 23.4 Å². The summed E-state index contributed by atoms with van der Waals surface area (Å²) in [6, 6.07) is 5.13. The first-order valence-electron chi connectivity index (χ1n) is 12.4. The van der Waals surface area contributed by atoms with Gasteiger partial charge in [0.1, 0.15) is 12.2 Å². The zero-order chi connectivity index (χ0) is 24.8. The summed E-state index contributed by atoms with van der Waals surface area (Å²) in [7, 11) is 0. The Kier molecular flexibility index (Phi) is 5.18. The molecule has 2 N–H and O–H groups in total. The number of benzene rings is 1. The first kappa shape index (κ1) is 23.4. The number of nitrogens with zero attached hydrogens (tertiary/aromatic N) is 1. The van der Waals surface area contributed by atoms with Crippen molar-refractivity contribution in [3.05, 3.63) is 63.5 Å². The fourth-order valence-electron chi connectivity index (χ4n) is 6.41. The molecule has 1 saturated heterocycles. The molecular weight excluding hydrogens is 459 g/mol. The number of fused-ring (bicyclic) bond motifs is 4. The Morgan fingerprint density at radius 1 is 1.00 bits per heavy atom. The quantitative estimate of drug-likeness (QED) is 0.575. The normalized spacial score (nSPS) is 28.4. The lowest BCUT2D eigenvalue weighted by Crippen LogP contribution is -2.37. The summed E-state index contributed by atoms with van der Waals surface area (Å²) in [5, 5.41) is 22.7. The Morgan fingerprint density at radius 3 is 2.23 bits per heavy atom. The molecule has 1 aromatic heterocycles. The van der Waals surface area contributed by atoms with E-state index in [0.29, 0.717) is 49.3 Å². The van der Waals surface area contributed by atoms with Gasteiger partial charge in [-0.3, -0.25) is 4.98 Å². The molecule has 2 aromatic rings. The molecule has 4 aliphatic rings. The minimum Gasteiger partial charge on any atom is -0.388 e. The third kappa shape index (κ3) is 3.48.